The maximum atomic E-state index is 13.4. The van der Waals surface area contributed by atoms with E-state index in [0.29, 0.717) is 23.0 Å². The smallest absolute Gasteiger partial charge is 0.262 e. The lowest BCUT2D eigenvalue weighted by Gasteiger charge is -2.11. The second-order valence-corrected chi connectivity index (χ2v) is 7.50. The third kappa shape index (κ3) is 3.26. The molecule has 0 atom stereocenters. The van der Waals surface area contributed by atoms with Crippen molar-refractivity contribution in [2.75, 3.05) is 4.72 Å². The summed E-state index contributed by atoms with van der Waals surface area (Å²) in [4.78, 5) is 4.12. The minimum absolute atomic E-state index is 0.283. The summed E-state index contributed by atoms with van der Waals surface area (Å²) in [5.74, 6) is -2.34. The molecule has 4 aromatic rings. The first-order valence-corrected chi connectivity index (χ1v) is 9.43. The second-order valence-electron chi connectivity index (χ2n) is 5.82. The van der Waals surface area contributed by atoms with E-state index in [9.17, 15) is 17.2 Å². The highest BCUT2D eigenvalue weighted by Gasteiger charge is 2.19. The first-order valence-electron chi connectivity index (χ1n) is 7.95. The summed E-state index contributed by atoms with van der Waals surface area (Å²) < 4.78 is 56.0. The van der Waals surface area contributed by atoms with Gasteiger partial charge in [-0.05, 0) is 36.4 Å². The van der Waals surface area contributed by atoms with E-state index in [2.05, 4.69) is 9.71 Å². The van der Waals surface area contributed by atoms with Crippen molar-refractivity contribution in [1.29, 1.82) is 0 Å². The van der Waals surface area contributed by atoms with Crippen molar-refractivity contribution in [3.05, 3.63) is 84.7 Å². The number of sulfonamides is 1. The molecule has 0 spiro atoms. The summed E-state index contributed by atoms with van der Waals surface area (Å²) in [6.07, 6.45) is 3.61. The molecule has 8 heteroatoms. The lowest BCUT2D eigenvalue weighted by atomic mass is 10.1. The van der Waals surface area contributed by atoms with Crippen molar-refractivity contribution >= 4 is 21.4 Å². The number of hydrogen-bond acceptors (Lipinski definition) is 3. The Morgan fingerprint density at radius 2 is 1.70 bits per heavy atom. The Kier molecular flexibility index (Phi) is 4.12. The number of nitrogens with one attached hydrogen (secondary N) is 1. The molecule has 2 aromatic heterocycles. The van der Waals surface area contributed by atoms with Crippen LogP contribution in [0.2, 0.25) is 0 Å². The molecule has 0 aliphatic rings. The standard InChI is InChI=1S/C19H13F2N3O2S/c20-15-9-8-13(11-16(15)21)27(25,26)23-17-6-2-1-5-14(17)18-12-24-10-4-3-7-19(24)22-18/h1-12,23H. The Labute approximate surface area is 154 Å². The minimum atomic E-state index is -4.10. The average molecular weight is 385 g/mol. The van der Waals surface area contributed by atoms with Crippen molar-refractivity contribution in [1.82, 2.24) is 9.38 Å². The van der Waals surface area contributed by atoms with Crippen LogP contribution in [0.15, 0.2) is 78.0 Å². The Balaban J connectivity index is 1.75. The van der Waals surface area contributed by atoms with Gasteiger partial charge < -0.3 is 4.40 Å². The number of benzene rings is 2. The molecule has 2 aromatic carbocycles. The van der Waals surface area contributed by atoms with Gasteiger partial charge in [0.1, 0.15) is 5.65 Å². The van der Waals surface area contributed by atoms with Crippen LogP contribution < -0.4 is 4.72 Å². The van der Waals surface area contributed by atoms with Crippen LogP contribution in [-0.2, 0) is 10.0 Å². The van der Waals surface area contributed by atoms with Crippen molar-refractivity contribution in [3.63, 3.8) is 0 Å². The molecule has 0 aliphatic carbocycles. The molecular weight excluding hydrogens is 372 g/mol. The fourth-order valence-electron chi connectivity index (χ4n) is 2.71. The summed E-state index contributed by atoms with van der Waals surface area (Å²) in [5, 5.41) is 0. The van der Waals surface area contributed by atoms with E-state index < -0.39 is 21.7 Å². The largest absolute Gasteiger partial charge is 0.306 e. The number of para-hydroxylation sites is 1. The average Bonchev–Trinajstić information content (AvgIpc) is 3.08. The zero-order chi connectivity index (χ0) is 19.0. The third-order valence-corrected chi connectivity index (χ3v) is 5.38. The van der Waals surface area contributed by atoms with Gasteiger partial charge in [0, 0.05) is 18.0 Å². The van der Waals surface area contributed by atoms with Crippen LogP contribution in [0.25, 0.3) is 16.9 Å². The van der Waals surface area contributed by atoms with E-state index >= 15 is 0 Å². The third-order valence-electron chi connectivity index (χ3n) is 4.01. The zero-order valence-corrected chi connectivity index (χ0v) is 14.6. The number of pyridine rings is 1. The molecule has 4 rings (SSSR count). The second kappa shape index (κ2) is 6.48. The number of rotatable bonds is 4. The summed E-state index contributed by atoms with van der Waals surface area (Å²) in [6, 6.07) is 14.7. The van der Waals surface area contributed by atoms with Crippen LogP contribution in [0.3, 0.4) is 0 Å². The maximum Gasteiger partial charge on any atom is 0.262 e. The molecule has 1 N–H and O–H groups in total. The summed E-state index contributed by atoms with van der Waals surface area (Å²) in [6.45, 7) is 0. The fraction of sp³-hybridized carbons (Fsp3) is 0. The van der Waals surface area contributed by atoms with Crippen LogP contribution in [-0.4, -0.2) is 17.8 Å². The van der Waals surface area contributed by atoms with Gasteiger partial charge in [-0.25, -0.2) is 22.2 Å². The van der Waals surface area contributed by atoms with Gasteiger partial charge in [-0.2, -0.15) is 0 Å². The maximum absolute atomic E-state index is 13.4. The van der Waals surface area contributed by atoms with Crippen LogP contribution in [0, 0.1) is 11.6 Å². The molecule has 136 valence electrons. The Morgan fingerprint density at radius 3 is 2.48 bits per heavy atom. The quantitative estimate of drug-likeness (QED) is 0.576. The molecule has 2 heterocycles. The molecule has 0 saturated carbocycles. The molecule has 0 amide bonds. The predicted molar refractivity (Wildman–Crippen MR) is 97.8 cm³/mol. The van der Waals surface area contributed by atoms with Gasteiger partial charge in [0.2, 0.25) is 0 Å². The summed E-state index contributed by atoms with van der Waals surface area (Å²) in [7, 11) is -4.10. The van der Waals surface area contributed by atoms with Crippen molar-refractivity contribution in [2.45, 2.75) is 4.90 Å². The van der Waals surface area contributed by atoms with Gasteiger partial charge in [-0.3, -0.25) is 4.72 Å². The van der Waals surface area contributed by atoms with Gasteiger partial charge in [-0.15, -0.1) is 0 Å². The molecule has 0 bridgehead atoms. The molecule has 0 saturated heterocycles. The van der Waals surface area contributed by atoms with Gasteiger partial charge in [0.25, 0.3) is 10.0 Å². The summed E-state index contributed by atoms with van der Waals surface area (Å²) >= 11 is 0. The number of fused-ring (bicyclic) bond motifs is 1. The van der Waals surface area contributed by atoms with Crippen LogP contribution in [0.5, 0.6) is 0 Å². The van der Waals surface area contributed by atoms with E-state index in [-0.39, 0.29) is 10.6 Å². The van der Waals surface area contributed by atoms with Crippen LogP contribution in [0.1, 0.15) is 0 Å². The van der Waals surface area contributed by atoms with E-state index in [0.717, 1.165) is 12.1 Å². The van der Waals surface area contributed by atoms with Crippen molar-refractivity contribution < 1.29 is 17.2 Å². The molecule has 0 fully saturated rings. The Morgan fingerprint density at radius 1 is 0.926 bits per heavy atom. The topological polar surface area (TPSA) is 63.5 Å². The number of halogens is 2. The number of imidazole rings is 1. The SMILES string of the molecule is O=S(=O)(Nc1ccccc1-c1cn2ccccc2n1)c1ccc(F)c(F)c1. The Bertz CT molecular complexity index is 1220. The van der Waals surface area contributed by atoms with Gasteiger partial charge >= 0.3 is 0 Å². The number of nitrogens with zero attached hydrogens (tertiary/aromatic N) is 2. The first-order chi connectivity index (χ1) is 12.9. The van der Waals surface area contributed by atoms with Crippen molar-refractivity contribution in [2.24, 2.45) is 0 Å². The predicted octanol–water partition coefficient (Wildman–Crippen LogP) is 4.08. The zero-order valence-electron chi connectivity index (χ0n) is 13.8. The Hall–Kier alpha value is -3.26. The number of aromatic nitrogens is 2. The van der Waals surface area contributed by atoms with Gasteiger partial charge in [-0.1, -0.05) is 24.3 Å². The molecule has 0 radical (unpaired) electrons. The highest BCUT2D eigenvalue weighted by molar-refractivity contribution is 7.92. The lowest BCUT2D eigenvalue weighted by molar-refractivity contribution is 0.504. The molecular formula is C19H13F2N3O2S. The monoisotopic (exact) mass is 385 g/mol. The molecule has 27 heavy (non-hydrogen) atoms. The number of hydrogen-bond donors (Lipinski definition) is 1. The van der Waals surface area contributed by atoms with Crippen LogP contribution in [0.4, 0.5) is 14.5 Å². The van der Waals surface area contributed by atoms with E-state index in [1.54, 1.807) is 30.5 Å². The van der Waals surface area contributed by atoms with Gasteiger partial charge in [0.15, 0.2) is 11.6 Å². The minimum Gasteiger partial charge on any atom is -0.306 e. The highest BCUT2D eigenvalue weighted by atomic mass is 32.2. The normalized spacial score (nSPS) is 11.6. The van der Waals surface area contributed by atoms with E-state index in [1.807, 2.05) is 28.8 Å². The molecule has 0 aliphatic heterocycles. The number of anilines is 1. The van der Waals surface area contributed by atoms with Gasteiger partial charge in [0.05, 0.1) is 16.3 Å². The summed E-state index contributed by atoms with van der Waals surface area (Å²) in [5.41, 5.74) is 2.13. The highest BCUT2D eigenvalue weighted by Crippen LogP contribution is 2.29. The lowest BCUT2D eigenvalue weighted by Crippen LogP contribution is -2.14. The fourth-order valence-corrected chi connectivity index (χ4v) is 3.80. The molecule has 5 nitrogen and oxygen atoms in total. The van der Waals surface area contributed by atoms with E-state index in [4.69, 9.17) is 0 Å². The van der Waals surface area contributed by atoms with E-state index in [1.165, 1.54) is 0 Å². The van der Waals surface area contributed by atoms with Crippen molar-refractivity contribution in [3.8, 4) is 11.3 Å². The van der Waals surface area contributed by atoms with Crippen LogP contribution >= 0.6 is 0 Å². The first kappa shape index (κ1) is 17.2. The molecule has 0 unspecified atom stereocenters.